The first-order chi connectivity index (χ1) is 6.34. The third-order valence-corrected chi connectivity index (χ3v) is 3.16. The lowest BCUT2D eigenvalue weighted by molar-refractivity contribution is 0.0493. The predicted octanol–water partition coefficient (Wildman–Crippen LogP) is 2.11. The minimum Gasteiger partial charge on any atom is -0.393 e. The molecule has 0 aromatic heterocycles. The fourth-order valence-corrected chi connectivity index (χ4v) is 2.09. The zero-order chi connectivity index (χ0) is 9.10. The van der Waals surface area contributed by atoms with Crippen LogP contribution in [0.25, 0.3) is 0 Å². The molecular weight excluding hydrogens is 164 g/mol. The fourth-order valence-electron chi connectivity index (χ4n) is 2.09. The summed E-state index contributed by atoms with van der Waals surface area (Å²) >= 11 is 0. The number of aliphatic hydroxyl groups excluding tert-OH is 1. The van der Waals surface area contributed by atoms with Crippen molar-refractivity contribution in [2.24, 2.45) is 5.92 Å². The van der Waals surface area contributed by atoms with Crippen LogP contribution in [0.1, 0.15) is 44.9 Å². The van der Waals surface area contributed by atoms with Crippen LogP contribution < -0.4 is 0 Å². The summed E-state index contributed by atoms with van der Waals surface area (Å²) in [6.07, 6.45) is 8.46. The van der Waals surface area contributed by atoms with Crippen LogP contribution in [0.5, 0.6) is 0 Å². The molecule has 1 heterocycles. The van der Waals surface area contributed by atoms with Gasteiger partial charge in [-0.3, -0.25) is 0 Å². The monoisotopic (exact) mass is 184 g/mol. The van der Waals surface area contributed by atoms with Crippen molar-refractivity contribution in [3.05, 3.63) is 0 Å². The molecule has 76 valence electrons. The lowest BCUT2D eigenvalue weighted by atomic mass is 10.0. The van der Waals surface area contributed by atoms with Crippen molar-refractivity contribution in [3.8, 4) is 0 Å². The van der Waals surface area contributed by atoms with Crippen LogP contribution in [0, 0.1) is 5.92 Å². The first-order valence-corrected chi connectivity index (χ1v) is 5.64. The molecule has 2 atom stereocenters. The third kappa shape index (κ3) is 3.28. The van der Waals surface area contributed by atoms with E-state index >= 15 is 0 Å². The Morgan fingerprint density at radius 1 is 1.31 bits per heavy atom. The van der Waals surface area contributed by atoms with Crippen molar-refractivity contribution in [1.29, 1.82) is 0 Å². The Kier molecular flexibility index (Phi) is 3.23. The van der Waals surface area contributed by atoms with Crippen LogP contribution in [0.4, 0.5) is 0 Å². The molecule has 1 saturated heterocycles. The van der Waals surface area contributed by atoms with Gasteiger partial charge in [0.15, 0.2) is 0 Å². The van der Waals surface area contributed by atoms with Gasteiger partial charge in [-0.15, -0.1) is 0 Å². The summed E-state index contributed by atoms with van der Waals surface area (Å²) in [5.41, 5.74) is 0. The zero-order valence-electron chi connectivity index (χ0n) is 8.24. The van der Waals surface area contributed by atoms with Gasteiger partial charge in [0.25, 0.3) is 0 Å². The maximum atomic E-state index is 9.71. The summed E-state index contributed by atoms with van der Waals surface area (Å²) in [4.78, 5) is 0. The molecule has 1 aliphatic heterocycles. The minimum atomic E-state index is -0.108. The molecule has 0 bridgehead atoms. The second-order valence-corrected chi connectivity index (χ2v) is 4.55. The molecule has 0 spiro atoms. The lowest BCUT2D eigenvalue weighted by Gasteiger charge is -2.14. The van der Waals surface area contributed by atoms with Crippen LogP contribution in [-0.4, -0.2) is 23.9 Å². The van der Waals surface area contributed by atoms with Gasteiger partial charge >= 0.3 is 0 Å². The van der Waals surface area contributed by atoms with Crippen molar-refractivity contribution < 1.29 is 9.84 Å². The maximum absolute atomic E-state index is 9.71. The minimum absolute atomic E-state index is 0.108. The normalized spacial score (nSPS) is 30.7. The van der Waals surface area contributed by atoms with E-state index in [1.54, 1.807) is 0 Å². The molecule has 2 nitrogen and oxygen atoms in total. The highest BCUT2D eigenvalue weighted by Gasteiger charge is 2.24. The molecule has 0 aromatic carbocycles. The van der Waals surface area contributed by atoms with E-state index in [4.69, 9.17) is 4.74 Å². The number of rotatable bonds is 5. The van der Waals surface area contributed by atoms with E-state index in [0.717, 1.165) is 31.8 Å². The van der Waals surface area contributed by atoms with Gasteiger partial charge in [0.1, 0.15) is 0 Å². The fraction of sp³-hybridized carbons (Fsp3) is 1.00. The van der Waals surface area contributed by atoms with Crippen molar-refractivity contribution in [1.82, 2.24) is 0 Å². The lowest BCUT2D eigenvalue weighted by Crippen LogP contribution is -2.17. The molecule has 2 aliphatic rings. The molecule has 0 aromatic rings. The number of aliphatic hydroxyl groups is 1. The van der Waals surface area contributed by atoms with Gasteiger partial charge < -0.3 is 9.84 Å². The second kappa shape index (κ2) is 4.43. The van der Waals surface area contributed by atoms with E-state index < -0.39 is 0 Å². The van der Waals surface area contributed by atoms with Gasteiger partial charge in [-0.05, 0) is 38.0 Å². The molecule has 1 aliphatic carbocycles. The van der Waals surface area contributed by atoms with E-state index in [9.17, 15) is 5.11 Å². The van der Waals surface area contributed by atoms with Gasteiger partial charge in [0, 0.05) is 6.61 Å². The Labute approximate surface area is 80.3 Å². The van der Waals surface area contributed by atoms with Crippen LogP contribution in [0.3, 0.4) is 0 Å². The van der Waals surface area contributed by atoms with Gasteiger partial charge in [-0.1, -0.05) is 12.8 Å². The smallest absolute Gasteiger partial charge is 0.0600 e. The maximum Gasteiger partial charge on any atom is 0.0600 e. The first kappa shape index (κ1) is 9.47. The molecule has 0 amide bonds. The standard InChI is InChI=1S/C11H20O2/c12-10(6-5-9-3-4-9)8-11-2-1-7-13-11/h9-12H,1-8H2. The zero-order valence-corrected chi connectivity index (χ0v) is 8.24. The average molecular weight is 184 g/mol. The van der Waals surface area contributed by atoms with E-state index in [1.165, 1.54) is 25.7 Å². The van der Waals surface area contributed by atoms with E-state index in [0.29, 0.717) is 6.10 Å². The first-order valence-electron chi connectivity index (χ1n) is 5.64. The molecule has 2 heteroatoms. The molecule has 0 radical (unpaired) electrons. The highest BCUT2D eigenvalue weighted by Crippen LogP contribution is 2.34. The molecule has 2 unspecified atom stereocenters. The summed E-state index contributed by atoms with van der Waals surface area (Å²) in [5.74, 6) is 0.944. The topological polar surface area (TPSA) is 29.5 Å². The summed E-state index contributed by atoms with van der Waals surface area (Å²) in [6.45, 7) is 0.903. The van der Waals surface area contributed by atoms with Gasteiger partial charge in [-0.2, -0.15) is 0 Å². The van der Waals surface area contributed by atoms with Gasteiger partial charge in [0.2, 0.25) is 0 Å². The Morgan fingerprint density at radius 2 is 2.15 bits per heavy atom. The highest BCUT2D eigenvalue weighted by molar-refractivity contribution is 4.76. The van der Waals surface area contributed by atoms with Crippen LogP contribution in [-0.2, 0) is 4.74 Å². The Bertz CT molecular complexity index is 148. The second-order valence-electron chi connectivity index (χ2n) is 4.55. The molecular formula is C11H20O2. The van der Waals surface area contributed by atoms with Crippen LogP contribution in [0.15, 0.2) is 0 Å². The highest BCUT2D eigenvalue weighted by atomic mass is 16.5. The van der Waals surface area contributed by atoms with Gasteiger partial charge in [-0.25, -0.2) is 0 Å². The van der Waals surface area contributed by atoms with E-state index in [-0.39, 0.29) is 6.10 Å². The Hall–Kier alpha value is -0.0800. The summed E-state index contributed by atoms with van der Waals surface area (Å²) in [6, 6.07) is 0. The quantitative estimate of drug-likeness (QED) is 0.709. The van der Waals surface area contributed by atoms with Crippen molar-refractivity contribution >= 4 is 0 Å². The van der Waals surface area contributed by atoms with Crippen molar-refractivity contribution in [2.75, 3.05) is 6.61 Å². The van der Waals surface area contributed by atoms with Gasteiger partial charge in [0.05, 0.1) is 12.2 Å². The number of ether oxygens (including phenoxy) is 1. The SMILES string of the molecule is OC(CCC1CC1)CC1CCCO1. The number of hydrogen-bond donors (Lipinski definition) is 1. The predicted molar refractivity (Wildman–Crippen MR) is 51.6 cm³/mol. The van der Waals surface area contributed by atoms with E-state index in [2.05, 4.69) is 0 Å². The largest absolute Gasteiger partial charge is 0.393 e. The molecule has 2 fully saturated rings. The van der Waals surface area contributed by atoms with Crippen molar-refractivity contribution in [2.45, 2.75) is 57.2 Å². The Balaban J connectivity index is 1.56. The Morgan fingerprint density at radius 3 is 2.77 bits per heavy atom. The summed E-state index contributed by atoms with van der Waals surface area (Å²) in [5, 5.41) is 9.71. The van der Waals surface area contributed by atoms with Crippen LogP contribution in [0.2, 0.25) is 0 Å². The summed E-state index contributed by atoms with van der Waals surface area (Å²) in [7, 11) is 0. The van der Waals surface area contributed by atoms with E-state index in [1.807, 2.05) is 0 Å². The van der Waals surface area contributed by atoms with Crippen molar-refractivity contribution in [3.63, 3.8) is 0 Å². The molecule has 1 N–H and O–H groups in total. The summed E-state index contributed by atoms with van der Waals surface area (Å²) < 4.78 is 5.49. The average Bonchev–Trinajstić information content (AvgIpc) is 2.82. The number of hydrogen-bond acceptors (Lipinski definition) is 2. The molecule has 13 heavy (non-hydrogen) atoms. The van der Waals surface area contributed by atoms with Crippen LogP contribution >= 0.6 is 0 Å². The molecule has 2 rings (SSSR count). The molecule has 1 saturated carbocycles. The third-order valence-electron chi connectivity index (χ3n) is 3.16.